The van der Waals surface area contributed by atoms with Gasteiger partial charge in [-0.2, -0.15) is 0 Å². The topological polar surface area (TPSA) is 92.4 Å². The van der Waals surface area contributed by atoms with E-state index in [-0.39, 0.29) is 16.5 Å². The standard InChI is InChI=1S/C14H10BrClN2O3/c15-9-3-1-7(6-11(9)17)13(19)18-12-4-2-8(14(20)21)5-10(12)16/h1-6H,17H2,(H,18,19)(H,20,21). The van der Waals surface area contributed by atoms with Gasteiger partial charge >= 0.3 is 5.97 Å². The van der Waals surface area contributed by atoms with Gasteiger partial charge in [-0.05, 0) is 52.3 Å². The zero-order valence-corrected chi connectivity index (χ0v) is 12.9. The lowest BCUT2D eigenvalue weighted by atomic mass is 10.1. The summed E-state index contributed by atoms with van der Waals surface area (Å²) in [4.78, 5) is 22.9. The van der Waals surface area contributed by atoms with Crippen molar-refractivity contribution in [1.29, 1.82) is 0 Å². The maximum absolute atomic E-state index is 12.1. The van der Waals surface area contributed by atoms with Gasteiger partial charge in [-0.3, -0.25) is 4.79 Å². The van der Waals surface area contributed by atoms with Crippen LogP contribution in [0, 0.1) is 0 Å². The molecule has 21 heavy (non-hydrogen) atoms. The SMILES string of the molecule is Nc1cc(C(=O)Nc2ccc(C(=O)O)cc2Cl)ccc1Br. The van der Waals surface area contributed by atoms with E-state index in [1.807, 2.05) is 0 Å². The van der Waals surface area contributed by atoms with Crippen molar-refractivity contribution in [3.8, 4) is 0 Å². The van der Waals surface area contributed by atoms with E-state index in [0.717, 1.165) is 0 Å². The van der Waals surface area contributed by atoms with Crippen molar-refractivity contribution < 1.29 is 14.7 Å². The molecule has 0 unspecified atom stereocenters. The van der Waals surface area contributed by atoms with Crippen LogP contribution >= 0.6 is 27.5 Å². The van der Waals surface area contributed by atoms with E-state index in [4.69, 9.17) is 22.4 Å². The van der Waals surface area contributed by atoms with Crippen molar-refractivity contribution in [3.63, 3.8) is 0 Å². The average Bonchev–Trinajstić information content (AvgIpc) is 2.43. The van der Waals surface area contributed by atoms with Gasteiger partial charge in [0.05, 0.1) is 16.3 Å². The number of rotatable bonds is 3. The summed E-state index contributed by atoms with van der Waals surface area (Å²) in [6.45, 7) is 0. The molecule has 0 bridgehead atoms. The second-order valence-corrected chi connectivity index (χ2v) is 5.45. The van der Waals surface area contributed by atoms with Crippen LogP contribution in [-0.4, -0.2) is 17.0 Å². The van der Waals surface area contributed by atoms with E-state index in [1.54, 1.807) is 12.1 Å². The minimum atomic E-state index is -1.09. The van der Waals surface area contributed by atoms with E-state index >= 15 is 0 Å². The normalized spacial score (nSPS) is 10.2. The molecule has 2 aromatic rings. The molecule has 2 rings (SSSR count). The molecule has 0 saturated heterocycles. The lowest BCUT2D eigenvalue weighted by Crippen LogP contribution is -2.13. The highest BCUT2D eigenvalue weighted by Crippen LogP contribution is 2.25. The fourth-order valence-electron chi connectivity index (χ4n) is 1.63. The second kappa shape index (κ2) is 6.15. The number of carboxylic acid groups (broad SMARTS) is 1. The van der Waals surface area contributed by atoms with Crippen LogP contribution in [0.2, 0.25) is 5.02 Å². The molecule has 2 aromatic carbocycles. The summed E-state index contributed by atoms with van der Waals surface area (Å²) >= 11 is 9.20. The molecule has 0 radical (unpaired) electrons. The Hall–Kier alpha value is -2.05. The predicted molar refractivity (Wildman–Crippen MR) is 84.9 cm³/mol. The summed E-state index contributed by atoms with van der Waals surface area (Å²) < 4.78 is 0.697. The molecule has 7 heteroatoms. The third-order valence-electron chi connectivity index (χ3n) is 2.72. The lowest BCUT2D eigenvalue weighted by molar-refractivity contribution is 0.0696. The second-order valence-electron chi connectivity index (χ2n) is 4.19. The Balaban J connectivity index is 2.23. The number of carbonyl (C=O) groups excluding carboxylic acids is 1. The quantitative estimate of drug-likeness (QED) is 0.720. The van der Waals surface area contributed by atoms with Crippen LogP contribution in [0.3, 0.4) is 0 Å². The Labute approximate surface area is 133 Å². The van der Waals surface area contributed by atoms with Crippen LogP contribution in [0.25, 0.3) is 0 Å². The molecule has 0 aliphatic carbocycles. The molecule has 1 amide bonds. The molecular weight excluding hydrogens is 360 g/mol. The van der Waals surface area contributed by atoms with Crippen LogP contribution in [0.4, 0.5) is 11.4 Å². The molecule has 4 N–H and O–H groups in total. The molecule has 5 nitrogen and oxygen atoms in total. The predicted octanol–water partition coefficient (Wildman–Crippen LogP) is 3.64. The summed E-state index contributed by atoms with van der Waals surface area (Å²) in [6, 6.07) is 8.87. The molecule has 0 heterocycles. The number of nitrogens with one attached hydrogen (secondary N) is 1. The third-order valence-corrected chi connectivity index (χ3v) is 3.76. The van der Waals surface area contributed by atoms with Crippen molar-refractivity contribution in [3.05, 3.63) is 57.0 Å². The van der Waals surface area contributed by atoms with Crippen LogP contribution in [-0.2, 0) is 0 Å². The zero-order chi connectivity index (χ0) is 15.6. The number of carboxylic acids is 1. The number of aromatic carboxylic acids is 1. The number of amides is 1. The molecule has 0 saturated carbocycles. The average molecular weight is 370 g/mol. The van der Waals surface area contributed by atoms with E-state index in [9.17, 15) is 9.59 Å². The minimum Gasteiger partial charge on any atom is -0.478 e. The molecule has 0 spiro atoms. The maximum Gasteiger partial charge on any atom is 0.335 e. The monoisotopic (exact) mass is 368 g/mol. The van der Waals surface area contributed by atoms with Crippen molar-refractivity contribution in [2.45, 2.75) is 0 Å². The number of hydrogen-bond acceptors (Lipinski definition) is 3. The van der Waals surface area contributed by atoms with Crippen molar-refractivity contribution in [2.24, 2.45) is 0 Å². The smallest absolute Gasteiger partial charge is 0.335 e. The largest absolute Gasteiger partial charge is 0.478 e. The number of halogens is 2. The highest BCUT2D eigenvalue weighted by atomic mass is 79.9. The van der Waals surface area contributed by atoms with Crippen molar-refractivity contribution >= 4 is 50.8 Å². The number of hydrogen-bond donors (Lipinski definition) is 3. The molecule has 0 aromatic heterocycles. The first-order chi connectivity index (χ1) is 9.88. The number of nitrogens with two attached hydrogens (primary N) is 1. The minimum absolute atomic E-state index is 0.0471. The molecule has 0 aliphatic rings. The van der Waals surface area contributed by atoms with Crippen LogP contribution in [0.5, 0.6) is 0 Å². The van der Waals surface area contributed by atoms with E-state index in [0.29, 0.717) is 21.4 Å². The van der Waals surface area contributed by atoms with Crippen molar-refractivity contribution in [1.82, 2.24) is 0 Å². The first-order valence-corrected chi connectivity index (χ1v) is 6.95. The fourth-order valence-corrected chi connectivity index (χ4v) is 2.10. The highest BCUT2D eigenvalue weighted by Gasteiger charge is 2.12. The zero-order valence-electron chi connectivity index (χ0n) is 10.6. The number of carbonyl (C=O) groups is 2. The van der Waals surface area contributed by atoms with Gasteiger partial charge in [0.15, 0.2) is 0 Å². The van der Waals surface area contributed by atoms with Gasteiger partial charge < -0.3 is 16.2 Å². The Bertz CT molecular complexity index is 734. The van der Waals surface area contributed by atoms with Gasteiger partial charge in [-0.1, -0.05) is 11.6 Å². The first kappa shape index (κ1) is 15.3. The maximum atomic E-state index is 12.1. The van der Waals surface area contributed by atoms with Crippen molar-refractivity contribution in [2.75, 3.05) is 11.1 Å². The van der Waals surface area contributed by atoms with Crippen LogP contribution in [0.15, 0.2) is 40.9 Å². The van der Waals surface area contributed by atoms with Gasteiger partial charge in [0, 0.05) is 15.7 Å². The summed E-state index contributed by atoms with van der Waals surface area (Å²) in [6.07, 6.45) is 0. The number of benzene rings is 2. The van der Waals surface area contributed by atoms with Gasteiger partial charge in [-0.15, -0.1) is 0 Å². The Kier molecular flexibility index (Phi) is 4.50. The number of anilines is 2. The summed E-state index contributed by atoms with van der Waals surface area (Å²) in [5.74, 6) is -1.48. The lowest BCUT2D eigenvalue weighted by Gasteiger charge is -2.09. The highest BCUT2D eigenvalue weighted by molar-refractivity contribution is 9.10. The van der Waals surface area contributed by atoms with Crippen LogP contribution < -0.4 is 11.1 Å². The van der Waals surface area contributed by atoms with E-state index in [1.165, 1.54) is 24.3 Å². The summed E-state index contributed by atoms with van der Waals surface area (Å²) in [5, 5.41) is 11.6. The molecule has 108 valence electrons. The van der Waals surface area contributed by atoms with Gasteiger partial charge in [0.25, 0.3) is 5.91 Å². The fraction of sp³-hybridized carbons (Fsp3) is 0. The van der Waals surface area contributed by atoms with Gasteiger partial charge in [0.2, 0.25) is 0 Å². The molecule has 0 aliphatic heterocycles. The Morgan fingerprint density at radius 2 is 1.81 bits per heavy atom. The Morgan fingerprint density at radius 3 is 2.38 bits per heavy atom. The molecule has 0 atom stereocenters. The summed E-state index contributed by atoms with van der Waals surface area (Å²) in [5.41, 5.74) is 6.90. The molecule has 0 fully saturated rings. The van der Waals surface area contributed by atoms with E-state index < -0.39 is 5.97 Å². The first-order valence-electron chi connectivity index (χ1n) is 5.77. The third kappa shape index (κ3) is 3.53. The van der Waals surface area contributed by atoms with Crippen LogP contribution in [0.1, 0.15) is 20.7 Å². The van der Waals surface area contributed by atoms with Gasteiger partial charge in [-0.25, -0.2) is 4.79 Å². The van der Waals surface area contributed by atoms with E-state index in [2.05, 4.69) is 21.2 Å². The molecular formula is C14H10BrClN2O3. The van der Waals surface area contributed by atoms with Gasteiger partial charge in [0.1, 0.15) is 0 Å². The summed E-state index contributed by atoms with van der Waals surface area (Å²) in [7, 11) is 0. The number of nitrogen functional groups attached to an aromatic ring is 1. The Morgan fingerprint density at radius 1 is 1.14 bits per heavy atom.